The van der Waals surface area contributed by atoms with E-state index < -0.39 is 0 Å². The highest BCUT2D eigenvalue weighted by atomic mass is 16.5. The van der Waals surface area contributed by atoms with Crippen LogP contribution < -0.4 is 5.32 Å². The summed E-state index contributed by atoms with van der Waals surface area (Å²) in [5.41, 5.74) is 0. The van der Waals surface area contributed by atoms with E-state index in [1.54, 1.807) is 0 Å². The van der Waals surface area contributed by atoms with Crippen LogP contribution in [0, 0.1) is 5.92 Å². The molecule has 0 spiro atoms. The molecule has 84 valence electrons. The maximum atomic E-state index is 5.34. The average Bonchev–Trinajstić information content (AvgIpc) is 2.26. The minimum atomic E-state index is 0.623. The molecule has 1 N–H and O–H groups in total. The standard InChI is InChI=1S/C11H24N2O/c1-4-10(2)11(12-3)9-13-5-7-14-8-6-13/h10-12H,4-9H2,1-3H3. The molecule has 0 radical (unpaired) electrons. The van der Waals surface area contributed by atoms with Gasteiger partial charge >= 0.3 is 0 Å². The van der Waals surface area contributed by atoms with Crippen molar-refractivity contribution in [3.8, 4) is 0 Å². The normalized spacial score (nSPS) is 23.4. The third-order valence-corrected chi connectivity index (χ3v) is 3.26. The Morgan fingerprint density at radius 2 is 2.00 bits per heavy atom. The number of nitrogens with zero attached hydrogens (tertiary/aromatic N) is 1. The number of nitrogens with one attached hydrogen (secondary N) is 1. The smallest absolute Gasteiger partial charge is 0.0594 e. The number of morpholine rings is 1. The van der Waals surface area contributed by atoms with Crippen LogP contribution in [-0.2, 0) is 4.74 Å². The van der Waals surface area contributed by atoms with Gasteiger partial charge in [-0.1, -0.05) is 20.3 Å². The first-order valence-electron chi connectivity index (χ1n) is 5.75. The van der Waals surface area contributed by atoms with Crippen LogP contribution in [0.4, 0.5) is 0 Å². The van der Waals surface area contributed by atoms with Crippen LogP contribution in [0.5, 0.6) is 0 Å². The predicted molar refractivity (Wildman–Crippen MR) is 59.6 cm³/mol. The van der Waals surface area contributed by atoms with Crippen molar-refractivity contribution < 1.29 is 4.74 Å². The van der Waals surface area contributed by atoms with Gasteiger partial charge in [0.05, 0.1) is 13.2 Å². The maximum Gasteiger partial charge on any atom is 0.0594 e. The molecule has 3 nitrogen and oxygen atoms in total. The van der Waals surface area contributed by atoms with Crippen molar-refractivity contribution in [2.24, 2.45) is 5.92 Å². The zero-order valence-electron chi connectivity index (χ0n) is 9.75. The second kappa shape index (κ2) is 6.38. The quantitative estimate of drug-likeness (QED) is 0.715. The van der Waals surface area contributed by atoms with Crippen molar-refractivity contribution in [1.82, 2.24) is 10.2 Å². The Kier molecular flexibility index (Phi) is 5.45. The minimum absolute atomic E-state index is 0.623. The number of likely N-dealkylation sites (N-methyl/N-ethyl adjacent to an activating group) is 1. The highest BCUT2D eigenvalue weighted by molar-refractivity contribution is 4.76. The molecular weight excluding hydrogens is 176 g/mol. The monoisotopic (exact) mass is 200 g/mol. The Balaban J connectivity index is 2.30. The third-order valence-electron chi connectivity index (χ3n) is 3.26. The summed E-state index contributed by atoms with van der Waals surface area (Å²) in [6.45, 7) is 9.72. The number of hydrogen-bond donors (Lipinski definition) is 1. The lowest BCUT2D eigenvalue weighted by atomic mass is 9.99. The number of rotatable bonds is 5. The van der Waals surface area contributed by atoms with E-state index >= 15 is 0 Å². The molecule has 0 aliphatic carbocycles. The van der Waals surface area contributed by atoms with Crippen molar-refractivity contribution in [3.05, 3.63) is 0 Å². The van der Waals surface area contributed by atoms with Crippen LogP contribution in [-0.4, -0.2) is 50.8 Å². The highest BCUT2D eigenvalue weighted by Crippen LogP contribution is 2.09. The lowest BCUT2D eigenvalue weighted by Crippen LogP contribution is -2.47. The van der Waals surface area contributed by atoms with E-state index in [1.165, 1.54) is 6.42 Å². The Morgan fingerprint density at radius 3 is 2.50 bits per heavy atom. The zero-order chi connectivity index (χ0) is 10.4. The van der Waals surface area contributed by atoms with Gasteiger partial charge in [0, 0.05) is 25.7 Å². The van der Waals surface area contributed by atoms with Crippen molar-refractivity contribution in [3.63, 3.8) is 0 Å². The number of ether oxygens (including phenoxy) is 1. The summed E-state index contributed by atoms with van der Waals surface area (Å²) in [7, 11) is 2.07. The van der Waals surface area contributed by atoms with Gasteiger partial charge in [0.2, 0.25) is 0 Å². The molecule has 1 aliphatic rings. The average molecular weight is 200 g/mol. The van der Waals surface area contributed by atoms with Gasteiger partial charge < -0.3 is 10.1 Å². The van der Waals surface area contributed by atoms with E-state index in [0.717, 1.165) is 38.8 Å². The third kappa shape index (κ3) is 3.56. The summed E-state index contributed by atoms with van der Waals surface area (Å²) >= 11 is 0. The number of hydrogen-bond acceptors (Lipinski definition) is 3. The van der Waals surface area contributed by atoms with E-state index in [0.29, 0.717) is 6.04 Å². The molecule has 0 amide bonds. The SMILES string of the molecule is CCC(C)C(CN1CCOCC1)NC. The van der Waals surface area contributed by atoms with Gasteiger partial charge in [-0.05, 0) is 13.0 Å². The van der Waals surface area contributed by atoms with E-state index in [-0.39, 0.29) is 0 Å². The first-order valence-corrected chi connectivity index (χ1v) is 5.75. The van der Waals surface area contributed by atoms with Gasteiger partial charge in [-0.25, -0.2) is 0 Å². The van der Waals surface area contributed by atoms with Crippen molar-refractivity contribution in [1.29, 1.82) is 0 Å². The van der Waals surface area contributed by atoms with E-state index in [4.69, 9.17) is 4.74 Å². The molecule has 1 aliphatic heterocycles. The fourth-order valence-electron chi connectivity index (χ4n) is 1.90. The van der Waals surface area contributed by atoms with Crippen LogP contribution in [0.2, 0.25) is 0 Å². The lowest BCUT2D eigenvalue weighted by molar-refractivity contribution is 0.0309. The molecular formula is C11H24N2O. The molecule has 0 aromatic heterocycles. The van der Waals surface area contributed by atoms with Gasteiger partial charge in [-0.2, -0.15) is 0 Å². The predicted octanol–water partition coefficient (Wildman–Crippen LogP) is 0.953. The Labute approximate surface area is 87.8 Å². The van der Waals surface area contributed by atoms with E-state index in [1.807, 2.05) is 0 Å². The van der Waals surface area contributed by atoms with Crippen LogP contribution in [0.3, 0.4) is 0 Å². The fourth-order valence-corrected chi connectivity index (χ4v) is 1.90. The highest BCUT2D eigenvalue weighted by Gasteiger charge is 2.18. The minimum Gasteiger partial charge on any atom is -0.379 e. The summed E-state index contributed by atoms with van der Waals surface area (Å²) < 4.78 is 5.34. The van der Waals surface area contributed by atoms with Gasteiger partial charge in [-0.15, -0.1) is 0 Å². The van der Waals surface area contributed by atoms with E-state index in [9.17, 15) is 0 Å². The molecule has 1 heterocycles. The topological polar surface area (TPSA) is 24.5 Å². The zero-order valence-corrected chi connectivity index (χ0v) is 9.75. The van der Waals surface area contributed by atoms with Crippen molar-refractivity contribution in [2.75, 3.05) is 39.9 Å². The molecule has 1 saturated heterocycles. The Bertz CT molecular complexity index is 146. The lowest BCUT2D eigenvalue weighted by Gasteiger charge is -2.32. The van der Waals surface area contributed by atoms with Crippen molar-refractivity contribution in [2.45, 2.75) is 26.3 Å². The van der Waals surface area contributed by atoms with Crippen LogP contribution in [0.15, 0.2) is 0 Å². The van der Waals surface area contributed by atoms with Crippen LogP contribution in [0.1, 0.15) is 20.3 Å². The molecule has 1 fully saturated rings. The molecule has 1 rings (SSSR count). The first kappa shape index (κ1) is 12.0. The largest absolute Gasteiger partial charge is 0.379 e. The second-order valence-electron chi connectivity index (χ2n) is 4.19. The fraction of sp³-hybridized carbons (Fsp3) is 1.00. The van der Waals surface area contributed by atoms with Crippen LogP contribution >= 0.6 is 0 Å². The molecule has 2 unspecified atom stereocenters. The molecule has 0 aromatic rings. The first-order chi connectivity index (χ1) is 6.77. The molecule has 2 atom stereocenters. The summed E-state index contributed by atoms with van der Waals surface area (Å²) in [5, 5.41) is 3.42. The summed E-state index contributed by atoms with van der Waals surface area (Å²) in [4.78, 5) is 2.50. The van der Waals surface area contributed by atoms with Crippen LogP contribution in [0.25, 0.3) is 0 Å². The van der Waals surface area contributed by atoms with Crippen molar-refractivity contribution >= 4 is 0 Å². The molecule has 0 saturated carbocycles. The summed E-state index contributed by atoms with van der Waals surface area (Å²) in [6.07, 6.45) is 1.25. The van der Waals surface area contributed by atoms with E-state index in [2.05, 4.69) is 31.1 Å². The van der Waals surface area contributed by atoms with Gasteiger partial charge in [0.1, 0.15) is 0 Å². The van der Waals surface area contributed by atoms with Gasteiger partial charge in [-0.3, -0.25) is 4.90 Å². The molecule has 0 aromatic carbocycles. The van der Waals surface area contributed by atoms with Gasteiger partial charge in [0.15, 0.2) is 0 Å². The maximum absolute atomic E-state index is 5.34. The molecule has 14 heavy (non-hydrogen) atoms. The summed E-state index contributed by atoms with van der Waals surface area (Å²) in [5.74, 6) is 0.753. The Hall–Kier alpha value is -0.120. The second-order valence-corrected chi connectivity index (χ2v) is 4.19. The molecule has 3 heteroatoms. The van der Waals surface area contributed by atoms with Gasteiger partial charge in [0.25, 0.3) is 0 Å². The summed E-state index contributed by atoms with van der Waals surface area (Å²) in [6, 6.07) is 0.623. The Morgan fingerprint density at radius 1 is 1.36 bits per heavy atom. The molecule has 0 bridgehead atoms.